The van der Waals surface area contributed by atoms with E-state index in [1.54, 1.807) is 4.90 Å². The van der Waals surface area contributed by atoms with Gasteiger partial charge in [0.1, 0.15) is 6.29 Å². The van der Waals surface area contributed by atoms with Gasteiger partial charge >= 0.3 is 0 Å². The molecule has 1 aromatic heterocycles. The number of rotatable bonds is 4. The Morgan fingerprint density at radius 1 is 1.44 bits per heavy atom. The number of carbonyl (C=O) groups is 2. The van der Waals surface area contributed by atoms with Gasteiger partial charge in [-0.25, -0.2) is 0 Å². The zero-order valence-electron chi connectivity index (χ0n) is 15.5. The molecule has 144 valence electrons. The number of nitrogens with zero attached hydrogens (tertiary/aromatic N) is 2. The Balaban J connectivity index is 0.000000180. The maximum atomic E-state index is 10.8. The Labute approximate surface area is 167 Å². The summed E-state index contributed by atoms with van der Waals surface area (Å²) >= 11 is 3.51. The lowest BCUT2D eigenvalue weighted by Crippen LogP contribution is -2.58. The molecule has 0 aliphatic carbocycles. The monoisotopic (exact) mass is 432 g/mol. The standard InChI is InChI=1S/C13H13BrN2O.C7H12N2O/c14-9-1-2-12-10(7-9)11-8-15-4-3-13(11)16(12)5-6-17;1-3-7(10)9-4-6(5-9)8-2/h1-2,6-7,15H,3-5,8H2;3,6,8H,1,4-5H2,2H3. The van der Waals surface area contributed by atoms with Gasteiger partial charge in [0, 0.05) is 59.7 Å². The minimum atomic E-state index is 0.0338. The maximum Gasteiger partial charge on any atom is 0.246 e. The Kier molecular flexibility index (Phi) is 6.46. The average Bonchev–Trinajstić information content (AvgIpc) is 2.95. The van der Waals surface area contributed by atoms with Gasteiger partial charge < -0.3 is 24.9 Å². The molecule has 2 aromatic rings. The molecule has 7 heteroatoms. The van der Waals surface area contributed by atoms with Crippen molar-refractivity contribution in [1.82, 2.24) is 20.1 Å². The van der Waals surface area contributed by atoms with Crippen LogP contribution in [-0.4, -0.2) is 54.4 Å². The fourth-order valence-electron chi connectivity index (χ4n) is 3.61. The van der Waals surface area contributed by atoms with Gasteiger partial charge in [-0.3, -0.25) is 4.79 Å². The van der Waals surface area contributed by atoms with Crippen molar-refractivity contribution in [3.8, 4) is 0 Å². The summed E-state index contributed by atoms with van der Waals surface area (Å²) in [6.07, 6.45) is 3.32. The van der Waals surface area contributed by atoms with Crippen molar-refractivity contribution in [1.29, 1.82) is 0 Å². The summed E-state index contributed by atoms with van der Waals surface area (Å²) in [5.41, 5.74) is 3.81. The second-order valence-corrected chi connectivity index (χ2v) is 7.64. The molecule has 0 bridgehead atoms. The van der Waals surface area contributed by atoms with Crippen LogP contribution in [0.25, 0.3) is 10.9 Å². The van der Waals surface area contributed by atoms with E-state index in [-0.39, 0.29) is 5.91 Å². The largest absolute Gasteiger partial charge is 0.337 e. The molecule has 0 unspecified atom stereocenters. The van der Waals surface area contributed by atoms with E-state index in [1.807, 2.05) is 13.1 Å². The summed E-state index contributed by atoms with van der Waals surface area (Å²) in [6.45, 7) is 7.38. The SMILES string of the molecule is C=CC(=O)N1CC(NC)C1.O=CCn1c2c(c3cc(Br)ccc31)CNCC2. The molecule has 6 nitrogen and oxygen atoms in total. The molecule has 0 radical (unpaired) electrons. The Morgan fingerprint density at radius 2 is 2.22 bits per heavy atom. The number of halogens is 1. The minimum Gasteiger partial charge on any atom is -0.337 e. The van der Waals surface area contributed by atoms with Crippen LogP contribution in [0.1, 0.15) is 11.3 Å². The van der Waals surface area contributed by atoms with Crippen molar-refractivity contribution in [3.63, 3.8) is 0 Å². The summed E-state index contributed by atoms with van der Waals surface area (Å²) in [6, 6.07) is 6.75. The fraction of sp³-hybridized carbons (Fsp3) is 0.400. The fourth-order valence-corrected chi connectivity index (χ4v) is 3.97. The van der Waals surface area contributed by atoms with Crippen molar-refractivity contribution >= 4 is 39.0 Å². The van der Waals surface area contributed by atoms with E-state index in [4.69, 9.17) is 0 Å². The number of nitrogens with one attached hydrogen (secondary N) is 2. The van der Waals surface area contributed by atoms with Gasteiger partial charge in [-0.05, 0) is 36.9 Å². The van der Waals surface area contributed by atoms with Crippen LogP contribution in [0.4, 0.5) is 0 Å². The maximum absolute atomic E-state index is 10.8. The zero-order valence-corrected chi connectivity index (χ0v) is 17.1. The Bertz CT molecular complexity index is 855. The van der Waals surface area contributed by atoms with Crippen LogP contribution in [0.15, 0.2) is 35.3 Å². The van der Waals surface area contributed by atoms with Crippen molar-refractivity contribution in [2.75, 3.05) is 26.7 Å². The van der Waals surface area contributed by atoms with E-state index in [0.29, 0.717) is 12.6 Å². The lowest BCUT2D eigenvalue weighted by atomic mass is 10.1. The number of aromatic nitrogens is 1. The number of carbonyl (C=O) groups excluding carboxylic acids is 2. The van der Waals surface area contributed by atoms with Crippen molar-refractivity contribution < 1.29 is 9.59 Å². The van der Waals surface area contributed by atoms with Crippen LogP contribution in [0.2, 0.25) is 0 Å². The molecule has 1 fully saturated rings. The van der Waals surface area contributed by atoms with Gasteiger partial charge in [-0.2, -0.15) is 0 Å². The Hall–Kier alpha value is -1.96. The van der Waals surface area contributed by atoms with Crippen LogP contribution in [0.3, 0.4) is 0 Å². The van der Waals surface area contributed by atoms with E-state index in [9.17, 15) is 9.59 Å². The smallest absolute Gasteiger partial charge is 0.246 e. The number of benzene rings is 1. The highest BCUT2D eigenvalue weighted by Gasteiger charge is 2.27. The van der Waals surface area contributed by atoms with Gasteiger partial charge in [0.15, 0.2) is 0 Å². The first-order valence-electron chi connectivity index (χ1n) is 9.11. The van der Waals surface area contributed by atoms with E-state index >= 15 is 0 Å². The molecule has 0 saturated carbocycles. The second-order valence-electron chi connectivity index (χ2n) is 6.72. The predicted octanol–water partition coefficient (Wildman–Crippen LogP) is 1.85. The molecule has 2 aliphatic rings. The molecule has 2 N–H and O–H groups in total. The van der Waals surface area contributed by atoms with Crippen molar-refractivity contribution in [3.05, 3.63) is 46.6 Å². The normalized spacial score (nSPS) is 16.1. The summed E-state index contributed by atoms with van der Waals surface area (Å²) < 4.78 is 3.23. The highest BCUT2D eigenvalue weighted by Crippen LogP contribution is 2.30. The van der Waals surface area contributed by atoms with Crippen LogP contribution in [0.5, 0.6) is 0 Å². The summed E-state index contributed by atoms with van der Waals surface area (Å²) in [4.78, 5) is 23.4. The quantitative estimate of drug-likeness (QED) is 0.571. The summed E-state index contributed by atoms with van der Waals surface area (Å²) in [5.74, 6) is 0.0338. The van der Waals surface area contributed by atoms with E-state index in [0.717, 1.165) is 48.9 Å². The molecule has 0 atom stereocenters. The average molecular weight is 433 g/mol. The third-order valence-corrected chi connectivity index (χ3v) is 5.62. The van der Waals surface area contributed by atoms with Crippen LogP contribution in [-0.2, 0) is 29.1 Å². The first-order valence-corrected chi connectivity index (χ1v) is 9.90. The number of aldehydes is 1. The molecule has 3 heterocycles. The minimum absolute atomic E-state index is 0.0338. The predicted molar refractivity (Wildman–Crippen MR) is 111 cm³/mol. The van der Waals surface area contributed by atoms with E-state index in [2.05, 4.69) is 49.8 Å². The highest BCUT2D eigenvalue weighted by atomic mass is 79.9. The van der Waals surface area contributed by atoms with Crippen molar-refractivity contribution in [2.45, 2.75) is 25.6 Å². The second kappa shape index (κ2) is 8.82. The number of likely N-dealkylation sites (tertiary alicyclic amines) is 1. The van der Waals surface area contributed by atoms with Crippen molar-refractivity contribution in [2.24, 2.45) is 0 Å². The third-order valence-electron chi connectivity index (χ3n) is 5.12. The number of hydrogen-bond acceptors (Lipinski definition) is 4. The zero-order chi connectivity index (χ0) is 19.4. The Morgan fingerprint density at radius 3 is 2.89 bits per heavy atom. The number of amides is 1. The van der Waals surface area contributed by atoms with E-state index in [1.165, 1.54) is 22.7 Å². The third kappa shape index (κ3) is 4.15. The highest BCUT2D eigenvalue weighted by molar-refractivity contribution is 9.10. The van der Waals surface area contributed by atoms with Gasteiger partial charge in [0.25, 0.3) is 0 Å². The molecular weight excluding hydrogens is 408 g/mol. The molecule has 2 aliphatic heterocycles. The molecular formula is C20H25BrN4O2. The molecule has 1 aromatic carbocycles. The van der Waals surface area contributed by atoms with Gasteiger partial charge in [-0.1, -0.05) is 22.5 Å². The summed E-state index contributed by atoms with van der Waals surface area (Å²) in [5, 5.41) is 7.73. The lowest BCUT2D eigenvalue weighted by molar-refractivity contribution is -0.130. The number of fused-ring (bicyclic) bond motifs is 3. The first-order chi connectivity index (χ1) is 13.1. The van der Waals surface area contributed by atoms with Gasteiger partial charge in [0.05, 0.1) is 6.54 Å². The summed E-state index contributed by atoms with van der Waals surface area (Å²) in [7, 11) is 1.90. The molecule has 0 spiro atoms. The van der Waals surface area contributed by atoms with E-state index < -0.39 is 0 Å². The first kappa shape index (κ1) is 19.8. The van der Waals surface area contributed by atoms with Crippen LogP contribution in [0, 0.1) is 0 Å². The molecule has 27 heavy (non-hydrogen) atoms. The van der Waals surface area contributed by atoms with Crippen LogP contribution >= 0.6 is 15.9 Å². The number of likely N-dealkylation sites (N-methyl/N-ethyl adjacent to an activating group) is 1. The molecule has 4 rings (SSSR count). The molecule has 1 amide bonds. The molecule has 1 saturated heterocycles. The van der Waals surface area contributed by atoms with Crippen LogP contribution < -0.4 is 10.6 Å². The van der Waals surface area contributed by atoms with Gasteiger partial charge in [0.2, 0.25) is 5.91 Å². The topological polar surface area (TPSA) is 66.4 Å². The lowest BCUT2D eigenvalue weighted by Gasteiger charge is -2.38. The number of hydrogen-bond donors (Lipinski definition) is 2. The van der Waals surface area contributed by atoms with Gasteiger partial charge in [-0.15, -0.1) is 0 Å².